The van der Waals surface area contributed by atoms with Gasteiger partial charge in [-0.25, -0.2) is 14.4 Å². The Balaban J connectivity index is 0.000000320. The number of carbonyl (C=O) groups excluding carboxylic acids is 5. The zero-order valence-corrected chi connectivity index (χ0v) is 80.3. The van der Waals surface area contributed by atoms with Gasteiger partial charge in [0.15, 0.2) is 0 Å². The first-order valence-corrected chi connectivity index (χ1v) is 54.7. The first-order valence-electron chi connectivity index (χ1n) is 38.3. The van der Waals surface area contributed by atoms with Crippen LogP contribution >= 0.6 is 0 Å². The quantitative estimate of drug-likeness (QED) is 0.00895. The summed E-state index contributed by atoms with van der Waals surface area (Å²) >= 11 is -0.599. The van der Waals surface area contributed by atoms with Gasteiger partial charge in [-0.3, -0.25) is 20.2 Å². The number of aryl methyl sites for hydroxylation is 6. The fourth-order valence-electron chi connectivity index (χ4n) is 13.0. The predicted octanol–water partition coefficient (Wildman–Crippen LogP) is 21.0. The Hall–Kier alpha value is -7.60. The van der Waals surface area contributed by atoms with Gasteiger partial charge < -0.3 is 54.4 Å². The molecule has 5 atom stereocenters. The standard InChI is InChI=1S/C27H38N2O5.C27H36N2O5.C20H24N2O2.2C6H18NSi2.Sn/c2*1-10-33-25(30)19(5)24(28-21-13-17(3)18(4)23(15-21)32-9)20-12-11-16(2)22(14-20)29-26(31)34-27(6,7)8;1-11-6-7-15(9-17(11)21)19-14(4)20(23)22(19)16-8-12(2)13(3)18(10-16)24-5;2*1-8(2,3)7-9(4,5)6;/h11-15,19,24,28H,10H2,1-9H3,(H,29,31);11-15,24,28H,5,10H2,1-4,6-9H3,(H,29,31);6-10,14,19H,21H2,1-5H3;2*1-6H3;/q;;;2*-1;+2/t19-,24+;24-;14-,19+;;;/m010.../s1. The molecule has 20 nitrogen and oxygen atoms in total. The van der Waals surface area contributed by atoms with E-state index in [9.17, 15) is 24.0 Å². The zero-order valence-electron chi connectivity index (χ0n) is 73.5. The number of methoxy groups -OCH3 is 3. The van der Waals surface area contributed by atoms with E-state index >= 15 is 0 Å². The summed E-state index contributed by atoms with van der Waals surface area (Å²) in [6.45, 7) is 71.2. The number of nitrogens with two attached hydrogens (primary N) is 1. The first kappa shape index (κ1) is 95.8. The van der Waals surface area contributed by atoms with E-state index in [-0.39, 0.29) is 36.0 Å². The van der Waals surface area contributed by atoms with E-state index in [1.807, 2.05) is 181 Å². The van der Waals surface area contributed by atoms with Crippen molar-refractivity contribution in [1.82, 2.24) is 4.91 Å². The van der Waals surface area contributed by atoms with Crippen LogP contribution < -0.4 is 46.1 Å². The molecule has 2 radical (unpaired) electrons. The normalized spacial score (nSPS) is 14.6. The number of amides is 3. The van der Waals surface area contributed by atoms with Crippen molar-refractivity contribution in [1.29, 1.82) is 0 Å². The monoisotopic (exact) mass is 1700 g/mol. The summed E-state index contributed by atoms with van der Waals surface area (Å²) < 4.78 is 44.0. The minimum absolute atomic E-state index is 0.00668. The maximum atomic E-state index is 12.7. The summed E-state index contributed by atoms with van der Waals surface area (Å²) in [4.78, 5) is 64.5. The average Bonchev–Trinajstić information content (AvgIpc) is 0.739. The second-order valence-corrected chi connectivity index (χ2v) is 63.0. The van der Waals surface area contributed by atoms with Crippen LogP contribution in [0.2, 0.25) is 78.6 Å². The number of nitrogens with zero attached hydrogens (tertiary/aromatic N) is 3. The van der Waals surface area contributed by atoms with Gasteiger partial charge in [0.1, 0.15) is 28.5 Å². The summed E-state index contributed by atoms with van der Waals surface area (Å²) in [6.07, 6.45) is -1.09. The van der Waals surface area contributed by atoms with E-state index in [1.54, 1.807) is 62.0 Å². The van der Waals surface area contributed by atoms with Crippen molar-refractivity contribution in [3.05, 3.63) is 170 Å². The molecule has 1 aliphatic rings. The first-order chi connectivity index (χ1) is 51.0. The Morgan fingerprint density at radius 3 is 1.34 bits per heavy atom. The summed E-state index contributed by atoms with van der Waals surface area (Å²) in [5, 5.41) is 12.5. The molecule has 0 aliphatic carbocycles. The molecule has 6 N–H and O–H groups in total. The average molecular weight is 1700 g/mol. The van der Waals surface area contributed by atoms with Crippen molar-refractivity contribution in [2.24, 2.45) is 11.8 Å². The number of anilines is 6. The van der Waals surface area contributed by atoms with Gasteiger partial charge in [0.25, 0.3) is 0 Å². The van der Waals surface area contributed by atoms with Crippen LogP contribution in [0, 0.1) is 74.1 Å². The molecule has 0 saturated carbocycles. The van der Waals surface area contributed by atoms with Crippen LogP contribution in [0.5, 0.6) is 17.2 Å². The molecule has 6 aromatic rings. The molecule has 0 unspecified atom stereocenters. The van der Waals surface area contributed by atoms with Crippen LogP contribution in [-0.2, 0) is 33.3 Å². The molecule has 1 aliphatic heterocycles. The van der Waals surface area contributed by atoms with Gasteiger partial charge in [0, 0.05) is 52.3 Å². The van der Waals surface area contributed by atoms with Crippen LogP contribution in [-0.4, -0.2) is 135 Å². The number of hydrogen-bond acceptors (Lipinski definition) is 17. The molecule has 111 heavy (non-hydrogen) atoms. The van der Waals surface area contributed by atoms with Gasteiger partial charge in [0.2, 0.25) is 5.91 Å². The molecule has 0 spiro atoms. The Kier molecular flexibility index (Phi) is 34.4. The van der Waals surface area contributed by atoms with E-state index in [2.05, 4.69) is 117 Å². The molecular formula is C86H134N8O12Si4Sn. The zero-order chi connectivity index (χ0) is 84.7. The number of hydrogen-bond donors (Lipinski definition) is 5. The number of nitrogen functional groups attached to an aromatic ring is 1. The number of ether oxygens (including phenoxy) is 7. The minimum atomic E-state index is -1.17. The third-order valence-electron chi connectivity index (χ3n) is 18.9. The Bertz CT molecular complexity index is 4190. The van der Waals surface area contributed by atoms with E-state index in [1.165, 1.54) is 0 Å². The van der Waals surface area contributed by atoms with Gasteiger partial charge >= 0.3 is 162 Å². The molecule has 6 aromatic carbocycles. The third kappa shape index (κ3) is 27.6. The van der Waals surface area contributed by atoms with Crippen LogP contribution in [0.15, 0.2) is 103 Å². The molecule has 610 valence electrons. The fourth-order valence-corrected chi connectivity index (χ4v) is 46.5. The summed E-state index contributed by atoms with van der Waals surface area (Å²) in [5.41, 5.74) is 21.3. The topological polar surface area (TPSA) is 234 Å². The number of rotatable bonds is 25. The number of esters is 2. The SMILES string of the molecule is C=C(C(=O)OCC)[C@@H](Nc1cc(C)c(C)c(OC)c1)c1ccc(C)c(NC(=O)OC(C)(C)C)c1.CCOC(=O)[C@@H](C)[C@@H](Nc1cc(C)c(C)c(OC)c1)c1ccc(C)c(NC(=O)OC(C)(C)C)c1.COc1cc(N2C(=O)[C@@H](C)[C@@H]2c2ccc(C)c(N)c2)cc(C)c1C.C[Si](C)(C)[N]([Sn][N]([Si](C)(C)C)[Si](C)(C)C)[Si](C)(C)C. The second kappa shape index (κ2) is 39.9. The van der Waals surface area contributed by atoms with Crippen LogP contribution in [0.3, 0.4) is 0 Å². The molecule has 1 saturated heterocycles. The summed E-state index contributed by atoms with van der Waals surface area (Å²) in [6, 6.07) is 28.1. The number of β-lactam (4-membered cyclic amide) rings is 1. The Morgan fingerprint density at radius 1 is 0.541 bits per heavy atom. The molecule has 1 fully saturated rings. The van der Waals surface area contributed by atoms with Crippen LogP contribution in [0.4, 0.5) is 43.7 Å². The summed E-state index contributed by atoms with van der Waals surface area (Å²) in [7, 11) is 0.239. The van der Waals surface area contributed by atoms with Crippen molar-refractivity contribution in [3.8, 4) is 17.2 Å². The fraction of sp³-hybridized carbons (Fsp3) is 0.500. The van der Waals surface area contributed by atoms with Gasteiger partial charge in [-0.15, -0.1) is 0 Å². The second-order valence-electron chi connectivity index (χ2n) is 34.7. The Morgan fingerprint density at radius 2 is 0.937 bits per heavy atom. The molecular weight excluding hydrogens is 1570 g/mol. The molecule has 1 heterocycles. The van der Waals surface area contributed by atoms with Gasteiger partial charge in [-0.1, -0.05) is 49.9 Å². The summed E-state index contributed by atoms with van der Waals surface area (Å²) in [5.74, 6) is 1.07. The van der Waals surface area contributed by atoms with Crippen molar-refractivity contribution >= 4 is 119 Å². The van der Waals surface area contributed by atoms with E-state index in [0.29, 0.717) is 18.0 Å². The van der Waals surface area contributed by atoms with Gasteiger partial charge in [0.05, 0.1) is 70.1 Å². The number of benzene rings is 6. The van der Waals surface area contributed by atoms with Crippen molar-refractivity contribution in [2.45, 2.75) is 239 Å². The van der Waals surface area contributed by atoms with Crippen molar-refractivity contribution < 1.29 is 57.1 Å². The van der Waals surface area contributed by atoms with Gasteiger partial charge in [-0.2, -0.15) is 0 Å². The molecule has 0 aromatic heterocycles. The molecule has 25 heteroatoms. The van der Waals surface area contributed by atoms with Crippen LogP contribution in [0.1, 0.15) is 154 Å². The molecule has 0 bridgehead atoms. The predicted molar refractivity (Wildman–Crippen MR) is 472 cm³/mol. The molecule has 7 rings (SSSR count). The van der Waals surface area contributed by atoms with Gasteiger partial charge in [-0.05, 0) is 228 Å². The maximum absolute atomic E-state index is 12.7. The third-order valence-corrected chi connectivity index (χ3v) is 59.1. The van der Waals surface area contributed by atoms with Crippen molar-refractivity contribution in [3.63, 3.8) is 0 Å². The van der Waals surface area contributed by atoms with Crippen LogP contribution in [0.25, 0.3) is 0 Å². The number of carbonyl (C=O) groups is 5. The van der Waals surface area contributed by atoms with Crippen molar-refractivity contribution in [2.75, 3.05) is 66.4 Å². The molecule has 3 amide bonds. The van der Waals surface area contributed by atoms with E-state index < -0.39 is 102 Å². The number of nitrogens with one attached hydrogen (secondary N) is 4. The van der Waals surface area contributed by atoms with E-state index in [0.717, 1.165) is 107 Å². The van der Waals surface area contributed by atoms with E-state index in [4.69, 9.17) is 38.9 Å². The Labute approximate surface area is 681 Å².